The summed E-state index contributed by atoms with van der Waals surface area (Å²) < 4.78 is 6.18. The van der Waals surface area contributed by atoms with Crippen LogP contribution in [-0.4, -0.2) is 21.5 Å². The summed E-state index contributed by atoms with van der Waals surface area (Å²) in [6.45, 7) is 2.41. The zero-order chi connectivity index (χ0) is 13.4. The molecular formula is C13H13BrN4O. The van der Waals surface area contributed by atoms with Crippen LogP contribution >= 0.6 is 15.9 Å². The molecule has 0 saturated carbocycles. The van der Waals surface area contributed by atoms with Gasteiger partial charge in [-0.25, -0.2) is 9.97 Å². The predicted octanol–water partition coefficient (Wildman–Crippen LogP) is 2.79. The van der Waals surface area contributed by atoms with Gasteiger partial charge in [-0.2, -0.15) is 0 Å². The van der Waals surface area contributed by atoms with Crippen LogP contribution in [0, 0.1) is 6.92 Å². The third-order valence-electron chi connectivity index (χ3n) is 2.91. The number of nitrogens with zero attached hydrogens (tertiary/aromatic N) is 2. The largest absolute Gasteiger partial charge is 0.441 e. The van der Waals surface area contributed by atoms with Gasteiger partial charge >= 0.3 is 0 Å². The number of oxazole rings is 1. The van der Waals surface area contributed by atoms with Gasteiger partial charge in [0.2, 0.25) is 0 Å². The van der Waals surface area contributed by atoms with E-state index in [9.17, 15) is 0 Å². The molecule has 0 aliphatic heterocycles. The SMILES string of the molecule is Cc1nc2cc(-c3nc(Br)[nH]c3CCN)ccc2o1. The third-order valence-corrected chi connectivity index (χ3v) is 3.29. The topological polar surface area (TPSA) is 80.7 Å². The van der Waals surface area contributed by atoms with E-state index in [1.54, 1.807) is 0 Å². The molecule has 0 amide bonds. The maximum atomic E-state index is 5.62. The molecule has 0 fully saturated rings. The van der Waals surface area contributed by atoms with E-state index in [-0.39, 0.29) is 0 Å². The number of benzene rings is 1. The summed E-state index contributed by atoms with van der Waals surface area (Å²) in [6.07, 6.45) is 0.754. The lowest BCUT2D eigenvalue weighted by Crippen LogP contribution is -2.04. The number of aryl methyl sites for hydroxylation is 1. The van der Waals surface area contributed by atoms with Crippen LogP contribution in [0.1, 0.15) is 11.6 Å². The number of fused-ring (bicyclic) bond motifs is 1. The van der Waals surface area contributed by atoms with Crippen molar-refractivity contribution in [2.45, 2.75) is 13.3 Å². The molecule has 2 aromatic heterocycles. The molecule has 0 atom stereocenters. The number of hydrogen-bond donors (Lipinski definition) is 2. The van der Waals surface area contributed by atoms with Gasteiger partial charge in [-0.05, 0) is 40.7 Å². The van der Waals surface area contributed by atoms with Crippen LogP contribution in [0.25, 0.3) is 22.4 Å². The summed E-state index contributed by atoms with van der Waals surface area (Å²) in [6, 6.07) is 5.88. The minimum absolute atomic E-state index is 0.576. The lowest BCUT2D eigenvalue weighted by Gasteiger charge is -2.01. The van der Waals surface area contributed by atoms with Crippen LogP contribution in [0.3, 0.4) is 0 Å². The van der Waals surface area contributed by atoms with Crippen molar-refractivity contribution in [3.63, 3.8) is 0 Å². The average molecular weight is 321 g/mol. The first kappa shape index (κ1) is 12.4. The molecular weight excluding hydrogens is 308 g/mol. The Hall–Kier alpha value is -1.66. The first-order valence-corrected chi connectivity index (χ1v) is 6.78. The van der Waals surface area contributed by atoms with Gasteiger partial charge in [-0.15, -0.1) is 0 Å². The fraction of sp³-hybridized carbons (Fsp3) is 0.231. The molecule has 0 spiro atoms. The summed E-state index contributed by atoms with van der Waals surface area (Å²) in [5.74, 6) is 0.664. The first-order valence-electron chi connectivity index (χ1n) is 5.99. The van der Waals surface area contributed by atoms with E-state index in [2.05, 4.69) is 30.9 Å². The van der Waals surface area contributed by atoms with E-state index in [1.807, 2.05) is 25.1 Å². The Morgan fingerprint density at radius 1 is 1.37 bits per heavy atom. The normalized spacial score (nSPS) is 11.3. The molecule has 0 unspecified atom stereocenters. The summed E-state index contributed by atoms with van der Waals surface area (Å²) in [5.41, 5.74) is 10.2. The van der Waals surface area contributed by atoms with Gasteiger partial charge in [0.15, 0.2) is 16.2 Å². The summed E-state index contributed by atoms with van der Waals surface area (Å²) >= 11 is 3.36. The second-order valence-electron chi connectivity index (χ2n) is 4.31. The Kier molecular flexibility index (Phi) is 3.12. The van der Waals surface area contributed by atoms with Gasteiger partial charge in [-0.3, -0.25) is 0 Å². The van der Waals surface area contributed by atoms with Crippen molar-refractivity contribution in [3.8, 4) is 11.3 Å². The van der Waals surface area contributed by atoms with Crippen molar-refractivity contribution in [2.24, 2.45) is 5.73 Å². The lowest BCUT2D eigenvalue weighted by molar-refractivity contribution is 0.561. The van der Waals surface area contributed by atoms with E-state index in [1.165, 1.54) is 0 Å². The molecule has 2 heterocycles. The summed E-state index contributed by atoms with van der Waals surface area (Å²) in [7, 11) is 0. The predicted molar refractivity (Wildman–Crippen MR) is 76.8 cm³/mol. The molecule has 5 nitrogen and oxygen atoms in total. The van der Waals surface area contributed by atoms with E-state index >= 15 is 0 Å². The zero-order valence-electron chi connectivity index (χ0n) is 10.4. The van der Waals surface area contributed by atoms with Gasteiger partial charge in [0.1, 0.15) is 5.52 Å². The number of nitrogens with two attached hydrogens (primary N) is 1. The summed E-state index contributed by atoms with van der Waals surface area (Å²) in [4.78, 5) is 12.0. The molecule has 19 heavy (non-hydrogen) atoms. The van der Waals surface area contributed by atoms with Gasteiger partial charge < -0.3 is 15.1 Å². The highest BCUT2D eigenvalue weighted by Crippen LogP contribution is 2.27. The fourth-order valence-electron chi connectivity index (χ4n) is 2.13. The molecule has 6 heteroatoms. The maximum absolute atomic E-state index is 5.62. The van der Waals surface area contributed by atoms with Crippen LogP contribution in [0.15, 0.2) is 27.3 Å². The van der Waals surface area contributed by atoms with Gasteiger partial charge in [0.25, 0.3) is 0 Å². The van der Waals surface area contributed by atoms with Crippen LogP contribution in [0.5, 0.6) is 0 Å². The highest BCUT2D eigenvalue weighted by molar-refractivity contribution is 9.10. The monoisotopic (exact) mass is 320 g/mol. The van der Waals surface area contributed by atoms with Gasteiger partial charge in [0.05, 0.1) is 5.69 Å². The van der Waals surface area contributed by atoms with Crippen LogP contribution in [0.4, 0.5) is 0 Å². The number of aromatic amines is 1. The molecule has 1 aromatic carbocycles. The van der Waals surface area contributed by atoms with Crippen LogP contribution < -0.4 is 5.73 Å². The first-order chi connectivity index (χ1) is 9.17. The fourth-order valence-corrected chi connectivity index (χ4v) is 2.55. The molecule has 0 aliphatic carbocycles. The maximum Gasteiger partial charge on any atom is 0.192 e. The molecule has 0 bridgehead atoms. The molecule has 0 saturated heterocycles. The smallest absolute Gasteiger partial charge is 0.192 e. The Bertz CT molecular complexity index is 731. The van der Waals surface area contributed by atoms with E-state index in [4.69, 9.17) is 10.2 Å². The van der Waals surface area contributed by atoms with Crippen LogP contribution in [-0.2, 0) is 6.42 Å². The van der Waals surface area contributed by atoms with Gasteiger partial charge in [-0.1, -0.05) is 0 Å². The number of halogens is 1. The van der Waals surface area contributed by atoms with Crippen molar-refractivity contribution in [3.05, 3.63) is 34.5 Å². The Morgan fingerprint density at radius 3 is 3.00 bits per heavy atom. The Labute approximate surface area is 118 Å². The number of hydrogen-bond acceptors (Lipinski definition) is 4. The Morgan fingerprint density at radius 2 is 2.21 bits per heavy atom. The van der Waals surface area contributed by atoms with Crippen molar-refractivity contribution in [2.75, 3.05) is 6.54 Å². The van der Waals surface area contributed by atoms with Crippen LogP contribution in [0.2, 0.25) is 0 Å². The quantitative estimate of drug-likeness (QED) is 0.777. The lowest BCUT2D eigenvalue weighted by atomic mass is 10.1. The number of H-pyrrole nitrogens is 1. The number of imidazole rings is 1. The third kappa shape index (κ3) is 2.29. The van der Waals surface area contributed by atoms with Crippen molar-refractivity contribution in [1.29, 1.82) is 0 Å². The molecule has 98 valence electrons. The number of aromatic nitrogens is 3. The number of rotatable bonds is 3. The summed E-state index contributed by atoms with van der Waals surface area (Å²) in [5, 5.41) is 0. The Balaban J connectivity index is 2.12. The minimum atomic E-state index is 0.576. The van der Waals surface area contributed by atoms with E-state index in [0.717, 1.165) is 34.5 Å². The second-order valence-corrected chi connectivity index (χ2v) is 5.06. The molecule has 0 aliphatic rings. The van der Waals surface area contributed by atoms with Crippen molar-refractivity contribution in [1.82, 2.24) is 15.0 Å². The highest BCUT2D eigenvalue weighted by atomic mass is 79.9. The average Bonchev–Trinajstić information content (AvgIpc) is 2.90. The highest BCUT2D eigenvalue weighted by Gasteiger charge is 2.12. The van der Waals surface area contributed by atoms with E-state index < -0.39 is 0 Å². The standard InChI is InChI=1S/C13H13BrN4O/c1-7-16-10-6-8(2-3-11(10)19-7)12-9(4-5-15)17-13(14)18-12/h2-3,6H,4-5,15H2,1H3,(H,17,18). The molecule has 3 N–H and O–H groups in total. The molecule has 3 rings (SSSR count). The molecule has 3 aromatic rings. The molecule has 0 radical (unpaired) electrons. The zero-order valence-corrected chi connectivity index (χ0v) is 12.0. The second kappa shape index (κ2) is 4.79. The minimum Gasteiger partial charge on any atom is -0.441 e. The van der Waals surface area contributed by atoms with Crippen molar-refractivity contribution >= 4 is 27.0 Å². The van der Waals surface area contributed by atoms with Gasteiger partial charge in [0, 0.05) is 24.6 Å². The number of nitrogens with one attached hydrogen (secondary N) is 1. The van der Waals surface area contributed by atoms with Crippen molar-refractivity contribution < 1.29 is 4.42 Å². The van der Waals surface area contributed by atoms with E-state index in [0.29, 0.717) is 17.2 Å².